The molecule has 3 aliphatic heterocycles. The Kier molecular flexibility index (Phi) is 5.85. The number of nitrogens with one attached hydrogen (secondary N) is 1. The fraction of sp³-hybridized carbons (Fsp3) is 0.400. The van der Waals surface area contributed by atoms with Crippen LogP contribution in [0.3, 0.4) is 0 Å². The number of hydrogen-bond acceptors (Lipinski definition) is 5. The van der Waals surface area contributed by atoms with E-state index in [1.807, 2.05) is 25.1 Å². The molecule has 0 radical (unpaired) electrons. The van der Waals surface area contributed by atoms with Gasteiger partial charge < -0.3 is 19.7 Å². The lowest BCUT2D eigenvalue weighted by atomic mass is 9.87. The summed E-state index contributed by atoms with van der Waals surface area (Å²) in [5.74, 6) is 0.686. The van der Waals surface area contributed by atoms with Crippen LogP contribution in [-0.4, -0.2) is 53.9 Å². The van der Waals surface area contributed by atoms with Gasteiger partial charge in [0.05, 0.1) is 6.04 Å². The molecular weight excluding hydrogens is 458 g/mol. The lowest BCUT2D eigenvalue weighted by Crippen LogP contribution is -2.45. The van der Waals surface area contributed by atoms with Crippen LogP contribution in [0.1, 0.15) is 43.4 Å². The largest absolute Gasteiger partial charge is 0.486 e. The Morgan fingerprint density at radius 1 is 1.12 bits per heavy atom. The van der Waals surface area contributed by atoms with Crippen LogP contribution in [0.15, 0.2) is 42.5 Å². The van der Waals surface area contributed by atoms with Gasteiger partial charge in [0.15, 0.2) is 11.5 Å². The van der Waals surface area contributed by atoms with Crippen LogP contribution in [0.25, 0.3) is 0 Å². The number of likely N-dealkylation sites (tertiary alicyclic amines) is 1. The van der Waals surface area contributed by atoms with Crippen molar-refractivity contribution in [3.63, 3.8) is 0 Å². The zero-order valence-electron chi connectivity index (χ0n) is 18.9. The van der Waals surface area contributed by atoms with Crippen molar-refractivity contribution < 1.29 is 23.9 Å². The summed E-state index contributed by atoms with van der Waals surface area (Å²) in [5.41, 5.74) is 0.391. The number of imide groups is 1. The molecule has 0 aromatic heterocycles. The first kappa shape index (κ1) is 22.5. The van der Waals surface area contributed by atoms with Crippen LogP contribution < -0.4 is 14.8 Å². The molecule has 9 heteroatoms. The van der Waals surface area contributed by atoms with Gasteiger partial charge in [0.2, 0.25) is 5.91 Å². The molecule has 2 aromatic carbocycles. The number of nitrogens with zero attached hydrogens (tertiary/aromatic N) is 2. The smallest absolute Gasteiger partial charge is 0.325 e. The number of hydrogen-bond donors (Lipinski definition) is 1. The van der Waals surface area contributed by atoms with Gasteiger partial charge in [-0.15, -0.1) is 0 Å². The van der Waals surface area contributed by atoms with Gasteiger partial charge in [-0.2, -0.15) is 0 Å². The summed E-state index contributed by atoms with van der Waals surface area (Å²) in [6.07, 6.45) is 2.00. The van der Waals surface area contributed by atoms with Crippen molar-refractivity contribution in [2.45, 2.75) is 37.8 Å². The average molecular weight is 484 g/mol. The second-order valence-corrected chi connectivity index (χ2v) is 9.17. The van der Waals surface area contributed by atoms with Gasteiger partial charge in [-0.1, -0.05) is 36.7 Å². The van der Waals surface area contributed by atoms with Gasteiger partial charge in [-0.3, -0.25) is 14.5 Å². The van der Waals surface area contributed by atoms with Crippen LogP contribution in [-0.2, 0) is 15.1 Å². The minimum absolute atomic E-state index is 0.142. The van der Waals surface area contributed by atoms with Gasteiger partial charge in [0, 0.05) is 11.6 Å². The van der Waals surface area contributed by atoms with Crippen LogP contribution in [0.4, 0.5) is 4.79 Å². The summed E-state index contributed by atoms with van der Waals surface area (Å²) in [5, 5.41) is 3.36. The van der Waals surface area contributed by atoms with E-state index in [1.54, 1.807) is 29.2 Å². The van der Waals surface area contributed by atoms with Gasteiger partial charge in [0.1, 0.15) is 25.3 Å². The Labute approximate surface area is 202 Å². The van der Waals surface area contributed by atoms with Gasteiger partial charge in [-0.05, 0) is 54.7 Å². The van der Waals surface area contributed by atoms with Gasteiger partial charge >= 0.3 is 6.03 Å². The zero-order chi connectivity index (χ0) is 23.9. The summed E-state index contributed by atoms with van der Waals surface area (Å²) >= 11 is 6.00. The van der Waals surface area contributed by atoms with Crippen molar-refractivity contribution in [1.29, 1.82) is 0 Å². The molecule has 4 amide bonds. The number of amides is 4. The number of ether oxygens (including phenoxy) is 2. The van der Waals surface area contributed by atoms with E-state index in [0.29, 0.717) is 48.3 Å². The molecule has 3 heterocycles. The fourth-order valence-corrected chi connectivity index (χ4v) is 5.17. The summed E-state index contributed by atoms with van der Waals surface area (Å²) in [7, 11) is 0. The quantitative estimate of drug-likeness (QED) is 0.656. The number of rotatable bonds is 5. The first-order valence-electron chi connectivity index (χ1n) is 11.5. The molecule has 2 fully saturated rings. The van der Waals surface area contributed by atoms with Crippen molar-refractivity contribution in [2.24, 2.45) is 0 Å². The lowest BCUT2D eigenvalue weighted by molar-refractivity contribution is -0.139. The number of carbonyl (C=O) groups excluding carboxylic acids is 3. The van der Waals surface area contributed by atoms with E-state index in [9.17, 15) is 14.4 Å². The predicted octanol–water partition coefficient (Wildman–Crippen LogP) is 3.63. The third kappa shape index (κ3) is 3.76. The Morgan fingerprint density at radius 2 is 1.85 bits per heavy atom. The van der Waals surface area contributed by atoms with E-state index >= 15 is 0 Å². The predicted molar refractivity (Wildman–Crippen MR) is 125 cm³/mol. The number of benzene rings is 2. The topological polar surface area (TPSA) is 88.2 Å². The fourth-order valence-electron chi connectivity index (χ4n) is 5.05. The zero-order valence-corrected chi connectivity index (χ0v) is 19.6. The Balaban J connectivity index is 1.35. The lowest BCUT2D eigenvalue weighted by Gasteiger charge is -2.28. The Hall–Kier alpha value is -3.26. The van der Waals surface area contributed by atoms with E-state index in [4.69, 9.17) is 21.1 Å². The van der Waals surface area contributed by atoms with Crippen molar-refractivity contribution in [3.8, 4) is 11.5 Å². The molecule has 2 atom stereocenters. The first-order valence-corrected chi connectivity index (χ1v) is 11.9. The number of fused-ring (bicyclic) bond motifs is 1. The second kappa shape index (κ2) is 8.83. The molecule has 2 aromatic rings. The van der Waals surface area contributed by atoms with Crippen molar-refractivity contribution >= 4 is 29.4 Å². The standard InChI is InChI=1S/C25H26ClN3O5/c1-2-25(17-6-8-18(26)9-7-17)23(31)29(24(32)27-25)15-22(30)28-11-3-4-19(28)16-5-10-20-21(14-16)34-13-12-33-20/h5-10,14,19H,2-4,11-13,15H2,1H3,(H,27,32)/t19-,25+/m0/s1. The molecule has 0 unspecified atom stereocenters. The maximum absolute atomic E-state index is 13.4. The summed E-state index contributed by atoms with van der Waals surface area (Å²) in [6, 6.07) is 11.8. The third-order valence-electron chi connectivity index (χ3n) is 6.86. The highest BCUT2D eigenvalue weighted by molar-refractivity contribution is 6.30. The monoisotopic (exact) mass is 483 g/mol. The van der Waals surface area contributed by atoms with Crippen molar-refractivity contribution in [1.82, 2.24) is 15.1 Å². The summed E-state index contributed by atoms with van der Waals surface area (Å²) < 4.78 is 11.3. The molecule has 8 nitrogen and oxygen atoms in total. The average Bonchev–Trinajstić information content (AvgIpc) is 3.44. The minimum atomic E-state index is -1.21. The Morgan fingerprint density at radius 3 is 2.59 bits per heavy atom. The molecule has 0 spiro atoms. The normalized spacial score (nSPS) is 23.9. The first-order chi connectivity index (χ1) is 16.4. The minimum Gasteiger partial charge on any atom is -0.486 e. The van der Waals surface area contributed by atoms with Gasteiger partial charge in [-0.25, -0.2) is 4.79 Å². The van der Waals surface area contributed by atoms with Crippen molar-refractivity contribution in [3.05, 3.63) is 58.6 Å². The molecule has 0 bridgehead atoms. The van der Waals surface area contributed by atoms with E-state index in [-0.39, 0.29) is 18.5 Å². The van der Waals surface area contributed by atoms with Crippen LogP contribution >= 0.6 is 11.6 Å². The number of halogens is 1. The molecule has 1 N–H and O–H groups in total. The van der Waals surface area contributed by atoms with Crippen molar-refractivity contribution in [2.75, 3.05) is 26.3 Å². The van der Waals surface area contributed by atoms with E-state index in [1.165, 1.54) is 0 Å². The number of urea groups is 1. The summed E-state index contributed by atoms with van der Waals surface area (Å²) in [4.78, 5) is 42.4. The maximum atomic E-state index is 13.4. The number of carbonyl (C=O) groups is 3. The third-order valence-corrected chi connectivity index (χ3v) is 7.11. The van der Waals surface area contributed by atoms with Crippen LogP contribution in [0.2, 0.25) is 5.02 Å². The molecule has 178 valence electrons. The molecule has 0 saturated carbocycles. The van der Waals surface area contributed by atoms with E-state index in [2.05, 4.69) is 5.32 Å². The van der Waals surface area contributed by atoms with Crippen LogP contribution in [0, 0.1) is 0 Å². The highest BCUT2D eigenvalue weighted by Crippen LogP contribution is 2.39. The molecule has 2 saturated heterocycles. The van der Waals surface area contributed by atoms with Gasteiger partial charge in [0.25, 0.3) is 5.91 Å². The molecule has 34 heavy (non-hydrogen) atoms. The Bertz CT molecular complexity index is 1140. The van der Waals surface area contributed by atoms with E-state index in [0.717, 1.165) is 23.3 Å². The second-order valence-electron chi connectivity index (χ2n) is 8.74. The summed E-state index contributed by atoms with van der Waals surface area (Å²) in [6.45, 7) is 3.10. The molecule has 5 rings (SSSR count). The van der Waals surface area contributed by atoms with Crippen LogP contribution in [0.5, 0.6) is 11.5 Å². The maximum Gasteiger partial charge on any atom is 0.325 e. The molecular formula is C25H26ClN3O5. The SMILES string of the molecule is CC[C@]1(c2ccc(Cl)cc2)NC(=O)N(CC(=O)N2CCC[C@H]2c2ccc3c(c2)OCCO3)C1=O. The highest BCUT2D eigenvalue weighted by atomic mass is 35.5. The van der Waals surface area contributed by atoms with E-state index < -0.39 is 17.5 Å². The molecule has 3 aliphatic rings. The highest BCUT2D eigenvalue weighted by Gasteiger charge is 2.52. The molecule has 0 aliphatic carbocycles.